The maximum Gasteiger partial charge on any atom is 0.266 e. The predicted octanol–water partition coefficient (Wildman–Crippen LogP) is 2.24. The van der Waals surface area contributed by atoms with Crippen molar-refractivity contribution in [3.8, 4) is 6.07 Å². The Balaban J connectivity index is 2.04. The van der Waals surface area contributed by atoms with E-state index in [2.05, 4.69) is 43.5 Å². The zero-order valence-corrected chi connectivity index (χ0v) is 14.0. The molecule has 5 heteroatoms. The van der Waals surface area contributed by atoms with Crippen molar-refractivity contribution < 1.29 is 4.79 Å². The molecule has 5 nitrogen and oxygen atoms in total. The van der Waals surface area contributed by atoms with E-state index in [1.807, 2.05) is 18.2 Å². The van der Waals surface area contributed by atoms with E-state index in [-0.39, 0.29) is 16.9 Å². The summed E-state index contributed by atoms with van der Waals surface area (Å²) in [5, 5.41) is 15.5. The lowest BCUT2D eigenvalue weighted by Crippen LogP contribution is -2.46. The van der Waals surface area contributed by atoms with Crippen molar-refractivity contribution in [2.45, 2.75) is 26.2 Å². The lowest BCUT2D eigenvalue weighted by Gasteiger charge is -2.27. The van der Waals surface area contributed by atoms with Crippen LogP contribution in [-0.2, 0) is 10.2 Å². The highest BCUT2D eigenvalue weighted by Gasteiger charge is 2.20. The molecule has 0 unspecified atom stereocenters. The van der Waals surface area contributed by atoms with Gasteiger partial charge < -0.3 is 15.5 Å². The summed E-state index contributed by atoms with van der Waals surface area (Å²) in [4.78, 5) is 14.0. The molecule has 0 spiro atoms. The normalized spacial score (nSPS) is 15.9. The summed E-state index contributed by atoms with van der Waals surface area (Å²) in [5.74, 6) is -0.215. The van der Waals surface area contributed by atoms with E-state index in [1.165, 1.54) is 11.8 Å². The summed E-state index contributed by atoms with van der Waals surface area (Å²) < 4.78 is 0. The van der Waals surface area contributed by atoms with Crippen LogP contribution in [0.5, 0.6) is 0 Å². The number of nitriles is 1. The minimum atomic E-state index is -0.215. The van der Waals surface area contributed by atoms with E-state index >= 15 is 0 Å². The van der Waals surface area contributed by atoms with Crippen LogP contribution in [0.4, 0.5) is 5.69 Å². The van der Waals surface area contributed by atoms with Crippen LogP contribution in [0.25, 0.3) is 0 Å². The number of nitrogens with zero attached hydrogens (tertiary/aromatic N) is 2. The van der Waals surface area contributed by atoms with Gasteiger partial charge in [-0.15, -0.1) is 0 Å². The minimum absolute atomic E-state index is 0.102. The molecular formula is C18H24N4O. The molecule has 1 saturated heterocycles. The standard InChI is InChI=1S/C18H24N4O/c1-18(2,3)15-4-6-16(7-5-15)21-13-14(12-19)17(23)22-10-8-20-9-11-22/h4-7,13,20-21H,8-11H2,1-3H3/b14-13-. The number of amides is 1. The SMILES string of the molecule is CC(C)(C)c1ccc(N/C=C(/C#N)C(=O)N2CCNCC2)cc1. The number of carbonyl (C=O) groups is 1. The first kappa shape index (κ1) is 17.0. The van der Waals surface area contributed by atoms with Crippen LogP contribution in [0.15, 0.2) is 36.0 Å². The molecule has 1 aliphatic rings. The van der Waals surface area contributed by atoms with Crippen LogP contribution >= 0.6 is 0 Å². The van der Waals surface area contributed by atoms with E-state index in [0.717, 1.165) is 18.8 Å². The molecular weight excluding hydrogens is 288 g/mol. The number of rotatable bonds is 3. The van der Waals surface area contributed by atoms with Crippen LogP contribution in [0.1, 0.15) is 26.3 Å². The van der Waals surface area contributed by atoms with Crippen molar-refractivity contribution in [3.05, 3.63) is 41.6 Å². The molecule has 1 fully saturated rings. The molecule has 0 radical (unpaired) electrons. The molecule has 1 aliphatic heterocycles. The lowest BCUT2D eigenvalue weighted by atomic mass is 9.87. The topological polar surface area (TPSA) is 68.2 Å². The van der Waals surface area contributed by atoms with Gasteiger partial charge in [0.1, 0.15) is 11.6 Å². The zero-order valence-electron chi connectivity index (χ0n) is 14.0. The Morgan fingerprint density at radius 3 is 2.39 bits per heavy atom. The third kappa shape index (κ3) is 4.57. The molecule has 0 atom stereocenters. The fourth-order valence-corrected chi connectivity index (χ4v) is 2.40. The lowest BCUT2D eigenvalue weighted by molar-refractivity contribution is -0.127. The first-order valence-corrected chi connectivity index (χ1v) is 7.89. The fraction of sp³-hybridized carbons (Fsp3) is 0.444. The van der Waals surface area contributed by atoms with Crippen LogP contribution in [0.2, 0.25) is 0 Å². The first-order valence-electron chi connectivity index (χ1n) is 7.89. The first-order chi connectivity index (χ1) is 10.9. The summed E-state index contributed by atoms with van der Waals surface area (Å²) in [6, 6.07) is 10.0. The van der Waals surface area contributed by atoms with Crippen LogP contribution in [0.3, 0.4) is 0 Å². The van der Waals surface area contributed by atoms with E-state index in [4.69, 9.17) is 0 Å². The molecule has 1 aromatic rings. The van der Waals surface area contributed by atoms with E-state index in [9.17, 15) is 10.1 Å². The Hall–Kier alpha value is -2.32. The molecule has 0 bridgehead atoms. The largest absolute Gasteiger partial charge is 0.360 e. The molecule has 0 aromatic heterocycles. The van der Waals surface area contributed by atoms with Crippen molar-refractivity contribution in [2.75, 3.05) is 31.5 Å². The van der Waals surface area contributed by atoms with Gasteiger partial charge in [0.2, 0.25) is 0 Å². The monoisotopic (exact) mass is 312 g/mol. The Morgan fingerprint density at radius 1 is 1.26 bits per heavy atom. The number of hydrogen-bond donors (Lipinski definition) is 2. The molecule has 2 N–H and O–H groups in total. The summed E-state index contributed by atoms with van der Waals surface area (Å²) in [6.45, 7) is 9.30. The molecule has 0 aliphatic carbocycles. The van der Waals surface area contributed by atoms with Gasteiger partial charge in [0.05, 0.1) is 0 Å². The smallest absolute Gasteiger partial charge is 0.266 e. The maximum absolute atomic E-state index is 12.3. The van der Waals surface area contributed by atoms with Crippen LogP contribution in [-0.4, -0.2) is 37.0 Å². The van der Waals surface area contributed by atoms with E-state index in [1.54, 1.807) is 4.90 Å². The number of anilines is 1. The number of nitrogens with one attached hydrogen (secondary N) is 2. The van der Waals surface area contributed by atoms with Gasteiger partial charge in [-0.05, 0) is 23.1 Å². The van der Waals surface area contributed by atoms with Gasteiger partial charge in [0.15, 0.2) is 0 Å². The fourth-order valence-electron chi connectivity index (χ4n) is 2.40. The number of carbonyl (C=O) groups excluding carboxylic acids is 1. The van der Waals surface area contributed by atoms with Gasteiger partial charge in [0.25, 0.3) is 5.91 Å². The van der Waals surface area contributed by atoms with Crippen molar-refractivity contribution in [2.24, 2.45) is 0 Å². The third-order valence-corrected chi connectivity index (χ3v) is 3.89. The molecule has 2 rings (SSSR count). The van der Waals surface area contributed by atoms with Gasteiger partial charge in [0, 0.05) is 38.1 Å². The van der Waals surface area contributed by atoms with Crippen molar-refractivity contribution in [3.63, 3.8) is 0 Å². The third-order valence-electron chi connectivity index (χ3n) is 3.89. The van der Waals surface area contributed by atoms with Crippen LogP contribution in [0, 0.1) is 11.3 Å². The molecule has 23 heavy (non-hydrogen) atoms. The van der Waals surface area contributed by atoms with E-state index in [0.29, 0.717) is 13.1 Å². The second kappa shape index (κ2) is 7.30. The second-order valence-electron chi connectivity index (χ2n) is 6.68. The minimum Gasteiger partial charge on any atom is -0.360 e. The zero-order chi connectivity index (χ0) is 16.9. The predicted molar refractivity (Wildman–Crippen MR) is 91.9 cm³/mol. The van der Waals surface area contributed by atoms with Gasteiger partial charge >= 0.3 is 0 Å². The van der Waals surface area contributed by atoms with Crippen molar-refractivity contribution >= 4 is 11.6 Å². The molecule has 122 valence electrons. The number of hydrogen-bond acceptors (Lipinski definition) is 4. The highest BCUT2D eigenvalue weighted by molar-refractivity contribution is 5.97. The van der Waals surface area contributed by atoms with Crippen LogP contribution < -0.4 is 10.6 Å². The van der Waals surface area contributed by atoms with E-state index < -0.39 is 0 Å². The van der Waals surface area contributed by atoms with Crippen molar-refractivity contribution in [1.82, 2.24) is 10.2 Å². The molecule has 0 saturated carbocycles. The Bertz CT molecular complexity index is 614. The maximum atomic E-state index is 12.3. The molecule has 1 amide bonds. The Morgan fingerprint density at radius 2 is 1.87 bits per heavy atom. The quantitative estimate of drug-likeness (QED) is 0.663. The number of benzene rings is 1. The van der Waals surface area contributed by atoms with Gasteiger partial charge in [-0.1, -0.05) is 32.9 Å². The molecule has 1 heterocycles. The summed E-state index contributed by atoms with van der Waals surface area (Å²) in [5.41, 5.74) is 2.33. The average Bonchev–Trinajstić information content (AvgIpc) is 2.55. The van der Waals surface area contributed by atoms with Gasteiger partial charge in [-0.25, -0.2) is 0 Å². The van der Waals surface area contributed by atoms with Gasteiger partial charge in [-0.3, -0.25) is 4.79 Å². The second-order valence-corrected chi connectivity index (χ2v) is 6.68. The Labute approximate surface area is 138 Å². The summed E-state index contributed by atoms with van der Waals surface area (Å²) in [7, 11) is 0. The summed E-state index contributed by atoms with van der Waals surface area (Å²) >= 11 is 0. The Kier molecular flexibility index (Phi) is 5.41. The highest BCUT2D eigenvalue weighted by atomic mass is 16.2. The number of piperazine rings is 1. The average molecular weight is 312 g/mol. The van der Waals surface area contributed by atoms with Gasteiger partial charge in [-0.2, -0.15) is 5.26 Å². The van der Waals surface area contributed by atoms with Crippen molar-refractivity contribution in [1.29, 1.82) is 5.26 Å². The summed E-state index contributed by atoms with van der Waals surface area (Å²) in [6.07, 6.45) is 1.50. The highest BCUT2D eigenvalue weighted by Crippen LogP contribution is 2.23. The molecule has 1 aromatic carbocycles.